The fourth-order valence-corrected chi connectivity index (χ4v) is 3.35. The molecule has 1 aromatic carbocycles. The highest BCUT2D eigenvalue weighted by atomic mass is 32.2. The summed E-state index contributed by atoms with van der Waals surface area (Å²) >= 11 is 1.34. The molecule has 0 unspecified atom stereocenters. The van der Waals surface area contributed by atoms with Crippen LogP contribution in [-0.2, 0) is 11.8 Å². The van der Waals surface area contributed by atoms with Crippen molar-refractivity contribution in [3.05, 3.63) is 42.7 Å². The maximum atomic E-state index is 12.6. The summed E-state index contributed by atoms with van der Waals surface area (Å²) in [7, 11) is 4.99. The van der Waals surface area contributed by atoms with Gasteiger partial charge in [-0.15, -0.1) is 10.2 Å². The SMILES string of the molecule is COc1ccc(NC(=O)[C@@H](C)Sc2nnc(-c3ccncc3)n2C)cc1OC. The van der Waals surface area contributed by atoms with E-state index in [1.54, 1.807) is 44.8 Å². The van der Waals surface area contributed by atoms with Crippen LogP contribution in [0, 0.1) is 0 Å². The first-order valence-corrected chi connectivity index (χ1v) is 9.40. The number of carbonyl (C=O) groups is 1. The first-order valence-electron chi connectivity index (χ1n) is 8.52. The van der Waals surface area contributed by atoms with E-state index in [1.807, 2.05) is 30.7 Å². The molecule has 2 aromatic heterocycles. The molecule has 0 fully saturated rings. The van der Waals surface area contributed by atoms with Gasteiger partial charge in [0.25, 0.3) is 0 Å². The van der Waals surface area contributed by atoms with Gasteiger partial charge < -0.3 is 19.4 Å². The van der Waals surface area contributed by atoms with Gasteiger partial charge >= 0.3 is 0 Å². The second-order valence-corrected chi connectivity index (χ2v) is 7.23. The summed E-state index contributed by atoms with van der Waals surface area (Å²) in [5.74, 6) is 1.73. The zero-order valence-electron chi connectivity index (χ0n) is 16.0. The second-order valence-electron chi connectivity index (χ2n) is 5.92. The third-order valence-corrected chi connectivity index (χ3v) is 5.21. The van der Waals surface area contributed by atoms with E-state index in [4.69, 9.17) is 9.47 Å². The summed E-state index contributed by atoms with van der Waals surface area (Å²) in [5.41, 5.74) is 1.55. The topological polar surface area (TPSA) is 91.2 Å². The van der Waals surface area contributed by atoms with E-state index in [1.165, 1.54) is 11.8 Å². The summed E-state index contributed by atoms with van der Waals surface area (Å²) in [6, 6.07) is 8.96. The Labute approximate surface area is 167 Å². The summed E-state index contributed by atoms with van der Waals surface area (Å²) in [5, 5.41) is 11.6. The van der Waals surface area contributed by atoms with E-state index in [-0.39, 0.29) is 11.2 Å². The molecule has 28 heavy (non-hydrogen) atoms. The lowest BCUT2D eigenvalue weighted by atomic mass is 10.2. The van der Waals surface area contributed by atoms with Crippen molar-refractivity contribution in [2.75, 3.05) is 19.5 Å². The Morgan fingerprint density at radius 2 is 1.82 bits per heavy atom. The number of ether oxygens (including phenoxy) is 2. The van der Waals surface area contributed by atoms with Crippen molar-refractivity contribution in [3.63, 3.8) is 0 Å². The van der Waals surface area contributed by atoms with Crippen LogP contribution < -0.4 is 14.8 Å². The van der Waals surface area contributed by atoms with Gasteiger partial charge in [0.1, 0.15) is 0 Å². The quantitative estimate of drug-likeness (QED) is 0.611. The third kappa shape index (κ3) is 4.25. The van der Waals surface area contributed by atoms with E-state index >= 15 is 0 Å². The molecule has 1 atom stereocenters. The number of nitrogens with zero attached hydrogens (tertiary/aromatic N) is 4. The number of pyridine rings is 1. The fourth-order valence-electron chi connectivity index (χ4n) is 2.54. The van der Waals surface area contributed by atoms with Crippen LogP contribution in [0.4, 0.5) is 5.69 Å². The maximum Gasteiger partial charge on any atom is 0.237 e. The van der Waals surface area contributed by atoms with Crippen LogP contribution in [-0.4, -0.2) is 45.1 Å². The van der Waals surface area contributed by atoms with Crippen LogP contribution in [0.3, 0.4) is 0 Å². The van der Waals surface area contributed by atoms with Crippen LogP contribution in [0.1, 0.15) is 6.92 Å². The Hall–Kier alpha value is -3.07. The molecule has 2 heterocycles. The average molecular weight is 399 g/mol. The number of methoxy groups -OCH3 is 2. The Kier molecular flexibility index (Phi) is 6.15. The van der Waals surface area contributed by atoms with Gasteiger partial charge in [0, 0.05) is 36.8 Å². The van der Waals surface area contributed by atoms with Crippen LogP contribution in [0.2, 0.25) is 0 Å². The number of rotatable bonds is 7. The van der Waals surface area contributed by atoms with Crippen molar-refractivity contribution in [3.8, 4) is 22.9 Å². The van der Waals surface area contributed by atoms with Crippen molar-refractivity contribution in [2.24, 2.45) is 7.05 Å². The standard InChI is InChI=1S/C19H21N5O3S/c1-12(18(25)21-14-5-6-15(26-3)16(11-14)27-4)28-19-23-22-17(24(19)2)13-7-9-20-10-8-13/h5-12H,1-4H3,(H,21,25)/t12-/m1/s1. The average Bonchev–Trinajstić information content (AvgIpc) is 3.08. The molecule has 1 amide bonds. The van der Waals surface area contributed by atoms with E-state index in [0.717, 1.165) is 11.4 Å². The fraction of sp³-hybridized carbons (Fsp3) is 0.263. The summed E-state index contributed by atoms with van der Waals surface area (Å²) in [6.07, 6.45) is 3.41. The van der Waals surface area contributed by atoms with Gasteiger partial charge in [0.05, 0.1) is 19.5 Å². The molecule has 3 aromatic rings. The van der Waals surface area contributed by atoms with Crippen molar-refractivity contribution < 1.29 is 14.3 Å². The smallest absolute Gasteiger partial charge is 0.237 e. The molecule has 0 aliphatic heterocycles. The molecule has 0 aliphatic rings. The van der Waals surface area contributed by atoms with Crippen molar-refractivity contribution >= 4 is 23.4 Å². The number of thioether (sulfide) groups is 1. The normalized spacial score (nSPS) is 11.7. The number of hydrogen-bond donors (Lipinski definition) is 1. The Morgan fingerprint density at radius 3 is 2.50 bits per heavy atom. The molecule has 146 valence electrons. The van der Waals surface area contributed by atoms with Gasteiger partial charge in [-0.1, -0.05) is 11.8 Å². The van der Waals surface area contributed by atoms with Gasteiger partial charge in [-0.05, 0) is 31.2 Å². The van der Waals surface area contributed by atoms with Gasteiger partial charge in [0.2, 0.25) is 5.91 Å². The van der Waals surface area contributed by atoms with Crippen molar-refractivity contribution in [1.82, 2.24) is 19.7 Å². The minimum absolute atomic E-state index is 0.148. The van der Waals surface area contributed by atoms with Gasteiger partial charge in [-0.25, -0.2) is 0 Å². The number of anilines is 1. The molecule has 0 aliphatic carbocycles. The number of amides is 1. The van der Waals surface area contributed by atoms with Gasteiger partial charge in [-0.3, -0.25) is 9.78 Å². The van der Waals surface area contributed by atoms with E-state index < -0.39 is 0 Å². The lowest BCUT2D eigenvalue weighted by Crippen LogP contribution is -2.22. The van der Waals surface area contributed by atoms with Gasteiger partial charge in [0.15, 0.2) is 22.5 Å². The predicted molar refractivity (Wildman–Crippen MR) is 108 cm³/mol. The lowest BCUT2D eigenvalue weighted by Gasteiger charge is -2.13. The zero-order valence-corrected chi connectivity index (χ0v) is 16.9. The number of aromatic nitrogens is 4. The van der Waals surface area contributed by atoms with Crippen LogP contribution in [0.15, 0.2) is 47.9 Å². The van der Waals surface area contributed by atoms with E-state index in [9.17, 15) is 4.79 Å². The molecule has 8 nitrogen and oxygen atoms in total. The molecule has 0 bridgehead atoms. The first kappa shape index (κ1) is 19.7. The highest BCUT2D eigenvalue weighted by Crippen LogP contribution is 2.31. The van der Waals surface area contributed by atoms with Crippen LogP contribution in [0.5, 0.6) is 11.5 Å². The number of benzene rings is 1. The molecule has 0 spiro atoms. The molecule has 1 N–H and O–H groups in total. The molecule has 0 saturated carbocycles. The second kappa shape index (κ2) is 8.75. The monoisotopic (exact) mass is 399 g/mol. The Bertz CT molecular complexity index is 961. The summed E-state index contributed by atoms with van der Waals surface area (Å²) in [6.45, 7) is 1.82. The van der Waals surface area contributed by atoms with Crippen LogP contribution >= 0.6 is 11.8 Å². The predicted octanol–water partition coefficient (Wildman–Crippen LogP) is 3.01. The highest BCUT2D eigenvalue weighted by molar-refractivity contribution is 8.00. The van der Waals surface area contributed by atoms with Gasteiger partial charge in [-0.2, -0.15) is 0 Å². The molecule has 3 rings (SSSR count). The van der Waals surface area contributed by atoms with Crippen molar-refractivity contribution in [2.45, 2.75) is 17.3 Å². The lowest BCUT2D eigenvalue weighted by molar-refractivity contribution is -0.115. The first-order chi connectivity index (χ1) is 13.5. The Balaban J connectivity index is 1.69. The minimum atomic E-state index is -0.374. The number of hydrogen-bond acceptors (Lipinski definition) is 7. The maximum absolute atomic E-state index is 12.6. The molecule has 9 heteroatoms. The van der Waals surface area contributed by atoms with Crippen LogP contribution in [0.25, 0.3) is 11.4 Å². The third-order valence-electron chi connectivity index (χ3n) is 4.08. The largest absolute Gasteiger partial charge is 0.493 e. The molecule has 0 radical (unpaired) electrons. The molecule has 0 saturated heterocycles. The number of nitrogens with one attached hydrogen (secondary N) is 1. The number of carbonyl (C=O) groups excluding carboxylic acids is 1. The van der Waals surface area contributed by atoms with Crippen molar-refractivity contribution in [1.29, 1.82) is 0 Å². The van der Waals surface area contributed by atoms with E-state index in [2.05, 4.69) is 20.5 Å². The molecular weight excluding hydrogens is 378 g/mol. The Morgan fingerprint density at radius 1 is 1.11 bits per heavy atom. The van der Waals surface area contributed by atoms with E-state index in [0.29, 0.717) is 22.3 Å². The summed E-state index contributed by atoms with van der Waals surface area (Å²) in [4.78, 5) is 16.6. The highest BCUT2D eigenvalue weighted by Gasteiger charge is 2.20. The molecular formula is C19H21N5O3S. The minimum Gasteiger partial charge on any atom is -0.493 e. The zero-order chi connectivity index (χ0) is 20.1. The summed E-state index contributed by atoms with van der Waals surface area (Å²) < 4.78 is 12.3.